The highest BCUT2D eigenvalue weighted by atomic mass is 35.5. The van der Waals surface area contributed by atoms with Crippen LogP contribution in [0.5, 0.6) is 0 Å². The maximum Gasteiger partial charge on any atom is 0.230 e. The van der Waals surface area contributed by atoms with Crippen molar-refractivity contribution in [3.63, 3.8) is 0 Å². The van der Waals surface area contributed by atoms with Gasteiger partial charge in [-0.05, 0) is 24.6 Å². The molecule has 0 saturated heterocycles. The predicted octanol–water partition coefficient (Wildman–Crippen LogP) is 1.43. The zero-order valence-electron chi connectivity index (χ0n) is 10.7. The highest BCUT2D eigenvalue weighted by Gasteiger charge is 2.19. The van der Waals surface area contributed by atoms with Gasteiger partial charge in [-0.2, -0.15) is 0 Å². The summed E-state index contributed by atoms with van der Waals surface area (Å²) in [5, 5.41) is 21.6. The van der Waals surface area contributed by atoms with Gasteiger partial charge < -0.3 is 15.5 Å². The van der Waals surface area contributed by atoms with Crippen LogP contribution in [0.2, 0.25) is 5.02 Å². The van der Waals surface area contributed by atoms with Crippen molar-refractivity contribution in [2.75, 3.05) is 18.9 Å². The molecule has 0 heterocycles. The van der Waals surface area contributed by atoms with E-state index in [2.05, 4.69) is 5.32 Å². The third-order valence-electron chi connectivity index (χ3n) is 2.42. The van der Waals surface area contributed by atoms with Crippen molar-refractivity contribution in [1.29, 1.82) is 0 Å². The van der Waals surface area contributed by atoms with Crippen molar-refractivity contribution in [2.24, 2.45) is 0 Å². The van der Waals surface area contributed by atoms with Crippen molar-refractivity contribution in [3.05, 3.63) is 34.9 Å². The summed E-state index contributed by atoms with van der Waals surface area (Å²) in [6.45, 7) is 1.13. The smallest absolute Gasteiger partial charge is 0.230 e. The molecule has 6 heteroatoms. The molecule has 3 N–H and O–H groups in total. The summed E-state index contributed by atoms with van der Waals surface area (Å²) in [6, 6.07) is 7.47. The van der Waals surface area contributed by atoms with E-state index in [1.165, 1.54) is 18.7 Å². The second-order valence-corrected chi connectivity index (χ2v) is 5.97. The van der Waals surface area contributed by atoms with Gasteiger partial charge >= 0.3 is 0 Å². The molecule has 0 bridgehead atoms. The SMILES string of the molecule is CC(O)(CO)CNC(=O)CSCc1ccc(Cl)cc1. The lowest BCUT2D eigenvalue weighted by Crippen LogP contribution is -2.43. The molecule has 1 amide bonds. The van der Waals surface area contributed by atoms with Crippen LogP contribution in [0.4, 0.5) is 0 Å². The van der Waals surface area contributed by atoms with E-state index < -0.39 is 5.60 Å². The molecule has 0 aliphatic rings. The molecule has 0 radical (unpaired) electrons. The van der Waals surface area contributed by atoms with Crippen LogP contribution in [0.25, 0.3) is 0 Å². The first kappa shape index (κ1) is 16.3. The Hall–Kier alpha value is -0.750. The van der Waals surface area contributed by atoms with Crippen LogP contribution in [0.3, 0.4) is 0 Å². The summed E-state index contributed by atoms with van der Waals surface area (Å²) in [6.07, 6.45) is 0. The maximum atomic E-state index is 11.5. The van der Waals surface area contributed by atoms with Gasteiger partial charge in [-0.3, -0.25) is 4.79 Å². The molecule has 1 aromatic rings. The fraction of sp³-hybridized carbons (Fsp3) is 0.462. The molecule has 0 aromatic heterocycles. The van der Waals surface area contributed by atoms with Crippen LogP contribution in [0.15, 0.2) is 24.3 Å². The van der Waals surface area contributed by atoms with Crippen LogP contribution in [-0.4, -0.2) is 40.6 Å². The number of carbonyl (C=O) groups is 1. The molecule has 0 aliphatic heterocycles. The zero-order chi connectivity index (χ0) is 14.3. The van der Waals surface area contributed by atoms with Crippen molar-refractivity contribution in [1.82, 2.24) is 5.32 Å². The van der Waals surface area contributed by atoms with Gasteiger partial charge in [0.25, 0.3) is 0 Å². The summed E-state index contributed by atoms with van der Waals surface area (Å²) in [5.41, 5.74) is -0.166. The Kier molecular flexibility index (Phi) is 6.65. The van der Waals surface area contributed by atoms with Gasteiger partial charge in [0.1, 0.15) is 5.60 Å². The number of halogens is 1. The van der Waals surface area contributed by atoms with Crippen LogP contribution < -0.4 is 5.32 Å². The standard InChI is InChI=1S/C13H18ClNO3S/c1-13(18,9-16)8-15-12(17)7-19-6-10-2-4-11(14)5-3-10/h2-5,16,18H,6-9H2,1H3,(H,15,17). The zero-order valence-corrected chi connectivity index (χ0v) is 12.3. The second-order valence-electron chi connectivity index (χ2n) is 4.55. The molecule has 106 valence electrons. The Balaban J connectivity index is 2.22. The average Bonchev–Trinajstić information content (AvgIpc) is 2.39. The van der Waals surface area contributed by atoms with Gasteiger partial charge in [-0.15, -0.1) is 11.8 Å². The fourth-order valence-electron chi connectivity index (χ4n) is 1.24. The van der Waals surface area contributed by atoms with Crippen LogP contribution in [0, 0.1) is 0 Å². The Bertz CT molecular complexity index is 409. The normalized spacial score (nSPS) is 13.9. The summed E-state index contributed by atoms with van der Waals surface area (Å²) < 4.78 is 0. The number of carbonyl (C=O) groups excluding carboxylic acids is 1. The van der Waals surface area contributed by atoms with Crippen LogP contribution >= 0.6 is 23.4 Å². The number of aliphatic hydroxyl groups is 2. The molecule has 4 nitrogen and oxygen atoms in total. The molecule has 1 atom stereocenters. The molecule has 0 fully saturated rings. The first-order chi connectivity index (χ1) is 8.93. The van der Waals surface area contributed by atoms with E-state index in [-0.39, 0.29) is 19.1 Å². The quantitative estimate of drug-likeness (QED) is 0.713. The monoisotopic (exact) mass is 303 g/mol. The lowest BCUT2D eigenvalue weighted by molar-refractivity contribution is -0.120. The number of rotatable bonds is 7. The van der Waals surface area contributed by atoms with E-state index in [1.807, 2.05) is 24.3 Å². The van der Waals surface area contributed by atoms with Gasteiger partial charge in [0.15, 0.2) is 0 Å². The van der Waals surface area contributed by atoms with Crippen LogP contribution in [-0.2, 0) is 10.5 Å². The number of aliphatic hydroxyl groups excluding tert-OH is 1. The largest absolute Gasteiger partial charge is 0.393 e. The number of thioether (sulfide) groups is 1. The lowest BCUT2D eigenvalue weighted by Gasteiger charge is -2.20. The van der Waals surface area contributed by atoms with Gasteiger partial charge in [0.2, 0.25) is 5.91 Å². The Morgan fingerprint density at radius 2 is 2.05 bits per heavy atom. The van der Waals surface area contributed by atoms with Gasteiger partial charge in [0, 0.05) is 17.3 Å². The van der Waals surface area contributed by atoms with E-state index in [1.54, 1.807) is 0 Å². The molecule has 0 spiro atoms. The Morgan fingerprint density at radius 3 is 2.63 bits per heavy atom. The minimum atomic E-state index is -1.27. The van der Waals surface area contributed by atoms with Crippen molar-refractivity contribution in [3.8, 4) is 0 Å². The predicted molar refractivity (Wildman–Crippen MR) is 78.3 cm³/mol. The van der Waals surface area contributed by atoms with E-state index in [0.29, 0.717) is 10.8 Å². The van der Waals surface area contributed by atoms with Gasteiger partial charge in [0.05, 0.1) is 12.4 Å². The average molecular weight is 304 g/mol. The highest BCUT2D eigenvalue weighted by molar-refractivity contribution is 7.99. The van der Waals surface area contributed by atoms with Crippen molar-refractivity contribution < 1.29 is 15.0 Å². The minimum absolute atomic E-state index is 0.0455. The topological polar surface area (TPSA) is 69.6 Å². The molecule has 19 heavy (non-hydrogen) atoms. The van der Waals surface area contributed by atoms with E-state index in [0.717, 1.165) is 11.3 Å². The molecule has 0 saturated carbocycles. The number of amides is 1. The molecule has 1 aromatic carbocycles. The molecular formula is C13H18ClNO3S. The second kappa shape index (κ2) is 7.75. The molecule has 1 unspecified atom stereocenters. The van der Waals surface area contributed by atoms with Crippen molar-refractivity contribution in [2.45, 2.75) is 18.3 Å². The fourth-order valence-corrected chi connectivity index (χ4v) is 2.18. The van der Waals surface area contributed by atoms with Gasteiger partial charge in [-0.25, -0.2) is 0 Å². The third-order valence-corrected chi connectivity index (χ3v) is 3.68. The van der Waals surface area contributed by atoms with Gasteiger partial charge in [-0.1, -0.05) is 23.7 Å². The summed E-state index contributed by atoms with van der Waals surface area (Å²) >= 11 is 7.26. The van der Waals surface area contributed by atoms with Crippen LogP contribution in [0.1, 0.15) is 12.5 Å². The van der Waals surface area contributed by atoms with E-state index >= 15 is 0 Å². The molecular weight excluding hydrogens is 286 g/mol. The Morgan fingerprint density at radius 1 is 1.42 bits per heavy atom. The summed E-state index contributed by atoms with van der Waals surface area (Å²) in [5.74, 6) is 0.873. The lowest BCUT2D eigenvalue weighted by atomic mass is 10.1. The number of hydrogen-bond acceptors (Lipinski definition) is 4. The minimum Gasteiger partial charge on any atom is -0.393 e. The maximum absolute atomic E-state index is 11.5. The number of hydrogen-bond donors (Lipinski definition) is 3. The number of benzene rings is 1. The summed E-state index contributed by atoms with van der Waals surface area (Å²) in [4.78, 5) is 11.5. The number of nitrogens with one attached hydrogen (secondary N) is 1. The third kappa shape index (κ3) is 6.82. The molecule has 0 aliphatic carbocycles. The van der Waals surface area contributed by atoms with E-state index in [9.17, 15) is 9.90 Å². The highest BCUT2D eigenvalue weighted by Crippen LogP contribution is 2.15. The Labute approximate surface area is 122 Å². The van der Waals surface area contributed by atoms with Crippen molar-refractivity contribution >= 4 is 29.3 Å². The van der Waals surface area contributed by atoms with E-state index in [4.69, 9.17) is 16.7 Å². The molecule has 1 rings (SSSR count). The summed E-state index contributed by atoms with van der Waals surface area (Å²) in [7, 11) is 0. The first-order valence-electron chi connectivity index (χ1n) is 5.85. The first-order valence-corrected chi connectivity index (χ1v) is 7.38.